The number of H-pyrrole nitrogens is 1. The first-order valence-electron chi connectivity index (χ1n) is 10.7. The molecule has 0 spiro atoms. The van der Waals surface area contributed by atoms with Crippen LogP contribution >= 0.6 is 0 Å². The molecule has 1 unspecified atom stereocenters. The van der Waals surface area contributed by atoms with Gasteiger partial charge in [-0.1, -0.05) is 12.1 Å². The van der Waals surface area contributed by atoms with Crippen LogP contribution in [0.4, 0.5) is 0 Å². The Balaban J connectivity index is 1.58. The lowest BCUT2D eigenvalue weighted by atomic mass is 9.90. The average molecular weight is 439 g/mol. The van der Waals surface area contributed by atoms with Gasteiger partial charge in [0.15, 0.2) is 11.5 Å². The van der Waals surface area contributed by atoms with E-state index in [0.717, 1.165) is 35.7 Å². The van der Waals surface area contributed by atoms with E-state index < -0.39 is 0 Å². The molecule has 7 heteroatoms. The molecule has 0 saturated carbocycles. The summed E-state index contributed by atoms with van der Waals surface area (Å²) >= 11 is 0. The summed E-state index contributed by atoms with van der Waals surface area (Å²) in [5, 5.41) is 1.11. The van der Waals surface area contributed by atoms with E-state index in [4.69, 9.17) is 18.9 Å². The largest absolute Gasteiger partial charge is 0.493 e. The van der Waals surface area contributed by atoms with Crippen LogP contribution in [0.5, 0.6) is 17.2 Å². The number of aryl methyl sites for hydroxylation is 1. The van der Waals surface area contributed by atoms with Gasteiger partial charge in [0.2, 0.25) is 5.75 Å². The molecule has 3 aromatic rings. The van der Waals surface area contributed by atoms with Crippen molar-refractivity contribution in [2.24, 2.45) is 0 Å². The highest BCUT2D eigenvalue weighted by Crippen LogP contribution is 2.38. The van der Waals surface area contributed by atoms with E-state index in [-0.39, 0.29) is 12.6 Å². The van der Waals surface area contributed by atoms with Crippen molar-refractivity contribution in [1.29, 1.82) is 0 Å². The normalized spacial score (nSPS) is 15.5. The van der Waals surface area contributed by atoms with Crippen molar-refractivity contribution in [3.05, 3.63) is 52.7 Å². The maximum Gasteiger partial charge on any atom is 0.340 e. The molecule has 1 heterocycles. The zero-order valence-electron chi connectivity index (χ0n) is 19.3. The fraction of sp³-hybridized carbons (Fsp3) is 0.400. The van der Waals surface area contributed by atoms with Gasteiger partial charge < -0.3 is 28.8 Å². The van der Waals surface area contributed by atoms with E-state index in [2.05, 4.69) is 30.0 Å². The molecular formula is C25H30N2O5. The SMILES string of the molecule is COc1cc(COC(=O)c2cccc3c4c([nH]c23)CCC(N(C)C)C4)cc(OC)c1OC. The number of rotatable bonds is 7. The second kappa shape index (κ2) is 9.12. The van der Waals surface area contributed by atoms with Crippen molar-refractivity contribution in [2.45, 2.75) is 31.9 Å². The molecule has 0 amide bonds. The van der Waals surface area contributed by atoms with Gasteiger partial charge in [0.25, 0.3) is 0 Å². The monoisotopic (exact) mass is 438 g/mol. The van der Waals surface area contributed by atoms with Crippen LogP contribution in [-0.2, 0) is 24.2 Å². The number of carbonyl (C=O) groups is 1. The third-order valence-electron chi connectivity index (χ3n) is 6.24. The molecule has 1 aliphatic rings. The first-order chi connectivity index (χ1) is 15.5. The van der Waals surface area contributed by atoms with E-state index in [1.54, 1.807) is 33.5 Å². The minimum absolute atomic E-state index is 0.0923. The number of para-hydroxylation sites is 1. The van der Waals surface area contributed by atoms with Gasteiger partial charge in [0.05, 0.1) is 32.4 Å². The Morgan fingerprint density at radius 1 is 1.09 bits per heavy atom. The van der Waals surface area contributed by atoms with Gasteiger partial charge in [-0.25, -0.2) is 4.79 Å². The fourth-order valence-corrected chi connectivity index (χ4v) is 4.48. The molecule has 1 aliphatic carbocycles. The number of ether oxygens (including phenoxy) is 4. The summed E-state index contributed by atoms with van der Waals surface area (Å²) in [6, 6.07) is 9.89. The molecule has 32 heavy (non-hydrogen) atoms. The summed E-state index contributed by atoms with van der Waals surface area (Å²) in [5.41, 5.74) is 4.68. The second-order valence-electron chi connectivity index (χ2n) is 8.28. The highest BCUT2D eigenvalue weighted by molar-refractivity contribution is 6.04. The van der Waals surface area contributed by atoms with Crippen LogP contribution in [-0.4, -0.2) is 57.3 Å². The van der Waals surface area contributed by atoms with Crippen molar-refractivity contribution >= 4 is 16.9 Å². The van der Waals surface area contributed by atoms with Gasteiger partial charge in [-0.15, -0.1) is 0 Å². The standard InChI is InChI=1S/C25H30N2O5/c1-27(2)16-9-10-20-19(13-16)17-7-6-8-18(23(17)26-20)25(28)32-14-15-11-21(29-3)24(31-5)22(12-15)30-4/h6-8,11-12,16,26H,9-10,13-14H2,1-5H3. The molecule has 0 aliphatic heterocycles. The number of methoxy groups -OCH3 is 3. The predicted octanol–water partition coefficient (Wildman–Crippen LogP) is 3.97. The van der Waals surface area contributed by atoms with E-state index in [9.17, 15) is 4.79 Å². The Morgan fingerprint density at radius 3 is 2.44 bits per heavy atom. The number of benzene rings is 2. The molecule has 1 aromatic heterocycles. The quantitative estimate of drug-likeness (QED) is 0.563. The van der Waals surface area contributed by atoms with Crippen LogP contribution in [0, 0.1) is 0 Å². The number of nitrogens with zero attached hydrogens (tertiary/aromatic N) is 1. The summed E-state index contributed by atoms with van der Waals surface area (Å²) < 4.78 is 21.8. The Kier molecular flexibility index (Phi) is 6.28. The molecule has 2 aromatic carbocycles. The summed E-state index contributed by atoms with van der Waals surface area (Å²) in [6.07, 6.45) is 3.06. The molecule has 170 valence electrons. The topological polar surface area (TPSA) is 73.0 Å². The molecule has 1 N–H and O–H groups in total. The molecule has 0 bridgehead atoms. The van der Waals surface area contributed by atoms with Crippen molar-refractivity contribution in [3.8, 4) is 17.2 Å². The van der Waals surface area contributed by atoms with Crippen LogP contribution in [0.25, 0.3) is 10.9 Å². The summed E-state index contributed by atoms with van der Waals surface area (Å²) in [4.78, 5) is 18.8. The van der Waals surface area contributed by atoms with E-state index in [1.807, 2.05) is 12.1 Å². The third kappa shape index (κ3) is 4.00. The molecular weight excluding hydrogens is 408 g/mol. The number of aromatic amines is 1. The van der Waals surface area contributed by atoms with E-state index in [1.165, 1.54) is 11.3 Å². The number of carbonyl (C=O) groups excluding carboxylic acids is 1. The van der Waals surface area contributed by atoms with E-state index >= 15 is 0 Å². The first-order valence-corrected chi connectivity index (χ1v) is 10.7. The minimum Gasteiger partial charge on any atom is -0.493 e. The van der Waals surface area contributed by atoms with E-state index in [0.29, 0.717) is 28.9 Å². The number of likely N-dealkylation sites (N-methyl/N-ethyl adjacent to an activating group) is 1. The van der Waals surface area contributed by atoms with Crippen LogP contribution in [0.2, 0.25) is 0 Å². The van der Waals surface area contributed by atoms with Crippen LogP contribution in [0.3, 0.4) is 0 Å². The number of nitrogens with one attached hydrogen (secondary N) is 1. The zero-order valence-corrected chi connectivity index (χ0v) is 19.3. The lowest BCUT2D eigenvalue weighted by Gasteiger charge is -2.28. The summed E-state index contributed by atoms with van der Waals surface area (Å²) in [6.45, 7) is 0.0923. The van der Waals surface area contributed by atoms with Gasteiger partial charge in [-0.2, -0.15) is 0 Å². The Labute approximate surface area is 188 Å². The Hall–Kier alpha value is -3.19. The highest BCUT2D eigenvalue weighted by atomic mass is 16.5. The van der Waals surface area contributed by atoms with Gasteiger partial charge in [-0.05, 0) is 62.7 Å². The van der Waals surface area contributed by atoms with Crippen LogP contribution in [0.1, 0.15) is 33.6 Å². The second-order valence-corrected chi connectivity index (χ2v) is 8.28. The van der Waals surface area contributed by atoms with Gasteiger partial charge >= 0.3 is 5.97 Å². The lowest BCUT2D eigenvalue weighted by Crippen LogP contribution is -2.33. The molecule has 0 saturated heterocycles. The highest BCUT2D eigenvalue weighted by Gasteiger charge is 2.25. The molecule has 4 rings (SSSR count). The third-order valence-corrected chi connectivity index (χ3v) is 6.24. The van der Waals surface area contributed by atoms with Crippen molar-refractivity contribution in [1.82, 2.24) is 9.88 Å². The minimum atomic E-state index is -0.368. The van der Waals surface area contributed by atoms with Crippen LogP contribution in [0.15, 0.2) is 30.3 Å². The van der Waals surface area contributed by atoms with Crippen LogP contribution < -0.4 is 14.2 Å². The number of fused-ring (bicyclic) bond motifs is 3. The van der Waals surface area contributed by atoms with Gasteiger partial charge in [0, 0.05) is 17.1 Å². The smallest absolute Gasteiger partial charge is 0.340 e. The summed E-state index contributed by atoms with van der Waals surface area (Å²) in [5.74, 6) is 1.18. The summed E-state index contributed by atoms with van der Waals surface area (Å²) in [7, 11) is 8.91. The molecule has 0 radical (unpaired) electrons. The predicted molar refractivity (Wildman–Crippen MR) is 123 cm³/mol. The van der Waals surface area contributed by atoms with Gasteiger partial charge in [0.1, 0.15) is 6.61 Å². The average Bonchev–Trinajstić information content (AvgIpc) is 3.19. The zero-order chi connectivity index (χ0) is 22.8. The fourth-order valence-electron chi connectivity index (χ4n) is 4.48. The first kappa shape index (κ1) is 22.0. The number of aromatic nitrogens is 1. The van der Waals surface area contributed by atoms with Crippen molar-refractivity contribution in [2.75, 3.05) is 35.4 Å². The number of hydrogen-bond acceptors (Lipinski definition) is 6. The number of esters is 1. The van der Waals surface area contributed by atoms with Crippen molar-refractivity contribution < 1.29 is 23.7 Å². The molecule has 0 fully saturated rings. The lowest BCUT2D eigenvalue weighted by molar-refractivity contribution is 0.0474. The maximum absolute atomic E-state index is 13.0. The molecule has 1 atom stereocenters. The van der Waals surface area contributed by atoms with Gasteiger partial charge in [-0.3, -0.25) is 0 Å². The molecule has 7 nitrogen and oxygen atoms in total. The Morgan fingerprint density at radius 2 is 1.81 bits per heavy atom. The maximum atomic E-state index is 13.0. The number of hydrogen-bond donors (Lipinski definition) is 1. The van der Waals surface area contributed by atoms with Crippen molar-refractivity contribution in [3.63, 3.8) is 0 Å². The Bertz CT molecular complexity index is 1110.